The molecule has 0 radical (unpaired) electrons. The number of nitrogens with zero attached hydrogens (tertiary/aromatic N) is 4. The highest BCUT2D eigenvalue weighted by molar-refractivity contribution is 9.10. The number of hydrogen-bond donors (Lipinski definition) is 2. The monoisotopic (exact) mass is 490 g/mol. The number of rotatable bonds is 8. The van der Waals surface area contributed by atoms with Gasteiger partial charge in [-0.25, -0.2) is 9.67 Å². The van der Waals surface area contributed by atoms with Gasteiger partial charge in [-0.3, -0.25) is 14.5 Å². The molecule has 2 heterocycles. The summed E-state index contributed by atoms with van der Waals surface area (Å²) in [4.78, 5) is 30.2. The van der Waals surface area contributed by atoms with Gasteiger partial charge in [0, 0.05) is 21.8 Å². The van der Waals surface area contributed by atoms with Gasteiger partial charge in [-0.15, -0.1) is 0 Å². The molecular weight excluding hydrogens is 472 g/mol. The summed E-state index contributed by atoms with van der Waals surface area (Å²) in [5.74, 6) is 0.484. The first-order valence-corrected chi connectivity index (χ1v) is 10.2. The van der Waals surface area contributed by atoms with E-state index in [-0.39, 0.29) is 24.9 Å². The van der Waals surface area contributed by atoms with Crippen molar-refractivity contribution < 1.29 is 9.59 Å². The fourth-order valence-corrected chi connectivity index (χ4v) is 3.14. The first-order valence-electron chi connectivity index (χ1n) is 9.06. The van der Waals surface area contributed by atoms with Crippen LogP contribution < -0.4 is 10.6 Å². The summed E-state index contributed by atoms with van der Waals surface area (Å²) in [6, 6.07) is 12.6. The fraction of sp³-hybridized carbons (Fsp3) is 0.200. The van der Waals surface area contributed by atoms with Gasteiger partial charge in [0.15, 0.2) is 0 Å². The second-order valence-corrected chi connectivity index (χ2v) is 7.92. The van der Waals surface area contributed by atoms with Crippen LogP contribution in [0.5, 0.6) is 0 Å². The maximum Gasteiger partial charge on any atom is 0.239 e. The number of carbonyl (C=O) groups is 2. The summed E-state index contributed by atoms with van der Waals surface area (Å²) in [7, 11) is 1.69. The van der Waals surface area contributed by atoms with Crippen LogP contribution in [0.25, 0.3) is 0 Å². The maximum atomic E-state index is 12.4. The first-order chi connectivity index (χ1) is 14.4. The molecule has 8 nitrogen and oxygen atoms in total. The molecule has 10 heteroatoms. The highest BCUT2D eigenvalue weighted by Gasteiger charge is 2.14. The van der Waals surface area contributed by atoms with Crippen molar-refractivity contribution in [2.75, 3.05) is 30.8 Å². The molecule has 0 fully saturated rings. The highest BCUT2D eigenvalue weighted by atomic mass is 79.9. The Bertz CT molecular complexity index is 1020. The van der Waals surface area contributed by atoms with Gasteiger partial charge < -0.3 is 10.6 Å². The van der Waals surface area contributed by atoms with Gasteiger partial charge in [0.25, 0.3) is 0 Å². The predicted molar refractivity (Wildman–Crippen MR) is 119 cm³/mol. The number of amides is 2. The van der Waals surface area contributed by atoms with E-state index in [1.807, 2.05) is 24.3 Å². The van der Waals surface area contributed by atoms with Gasteiger partial charge in [0.2, 0.25) is 11.8 Å². The lowest BCUT2D eigenvalue weighted by molar-refractivity contribution is -0.119. The van der Waals surface area contributed by atoms with Gasteiger partial charge in [-0.2, -0.15) is 5.10 Å². The van der Waals surface area contributed by atoms with E-state index in [1.165, 1.54) is 0 Å². The van der Waals surface area contributed by atoms with Crippen LogP contribution in [0.15, 0.2) is 59.3 Å². The Hall–Kier alpha value is -2.75. The van der Waals surface area contributed by atoms with E-state index in [0.717, 1.165) is 10.0 Å². The number of anilines is 2. The van der Waals surface area contributed by atoms with Crippen LogP contribution in [0.4, 0.5) is 11.6 Å². The Morgan fingerprint density at radius 2 is 1.83 bits per heavy atom. The number of likely N-dealkylation sites (N-methyl/N-ethyl adjacent to an activating group) is 1. The Balaban J connectivity index is 1.50. The lowest BCUT2D eigenvalue weighted by atomic mass is 10.2. The molecule has 0 aliphatic carbocycles. The van der Waals surface area contributed by atoms with Crippen molar-refractivity contribution >= 4 is 51.0 Å². The zero-order valence-electron chi connectivity index (χ0n) is 16.2. The van der Waals surface area contributed by atoms with E-state index in [1.54, 1.807) is 47.2 Å². The van der Waals surface area contributed by atoms with Gasteiger partial charge in [-0.1, -0.05) is 29.8 Å². The largest absolute Gasteiger partial charge is 0.310 e. The van der Waals surface area contributed by atoms with Crippen molar-refractivity contribution in [3.05, 3.63) is 69.9 Å². The summed E-state index contributed by atoms with van der Waals surface area (Å²) >= 11 is 9.49. The summed E-state index contributed by atoms with van der Waals surface area (Å²) in [5.41, 5.74) is 0.897. The van der Waals surface area contributed by atoms with Crippen LogP contribution in [0.3, 0.4) is 0 Å². The van der Waals surface area contributed by atoms with Crippen molar-refractivity contribution in [2.45, 2.75) is 6.54 Å². The molecule has 2 N–H and O–H groups in total. The molecule has 0 saturated heterocycles. The van der Waals surface area contributed by atoms with Crippen LogP contribution >= 0.6 is 27.5 Å². The molecule has 0 saturated carbocycles. The molecule has 30 heavy (non-hydrogen) atoms. The van der Waals surface area contributed by atoms with Crippen LogP contribution in [-0.2, 0) is 16.1 Å². The second-order valence-electron chi connectivity index (χ2n) is 6.60. The number of halogens is 2. The van der Waals surface area contributed by atoms with E-state index in [2.05, 4.69) is 36.6 Å². The third-order valence-corrected chi connectivity index (χ3v) is 4.92. The lowest BCUT2D eigenvalue weighted by Crippen LogP contribution is -2.36. The number of carbonyl (C=O) groups excluding carboxylic acids is 2. The molecule has 0 atom stereocenters. The Kier molecular flexibility index (Phi) is 7.56. The predicted octanol–water partition coefficient (Wildman–Crippen LogP) is 3.25. The number of benzene rings is 1. The first kappa shape index (κ1) is 21.9. The maximum absolute atomic E-state index is 12.4. The van der Waals surface area contributed by atoms with Gasteiger partial charge in [-0.05, 0) is 46.7 Å². The topological polar surface area (TPSA) is 92.2 Å². The number of nitrogens with one attached hydrogen (secondary N) is 2. The van der Waals surface area contributed by atoms with E-state index >= 15 is 0 Å². The fourth-order valence-electron chi connectivity index (χ4n) is 2.71. The van der Waals surface area contributed by atoms with Crippen LogP contribution in [0.1, 0.15) is 5.56 Å². The molecule has 0 spiro atoms. The quantitative estimate of drug-likeness (QED) is 0.505. The van der Waals surface area contributed by atoms with Crippen molar-refractivity contribution in [1.82, 2.24) is 19.7 Å². The van der Waals surface area contributed by atoms with Crippen molar-refractivity contribution in [1.29, 1.82) is 0 Å². The second kappa shape index (κ2) is 10.3. The molecular formula is C20H20BrClN6O2. The van der Waals surface area contributed by atoms with Gasteiger partial charge >= 0.3 is 0 Å². The van der Waals surface area contributed by atoms with E-state index in [0.29, 0.717) is 23.2 Å². The summed E-state index contributed by atoms with van der Waals surface area (Å²) in [5, 5.41) is 10.4. The molecule has 3 aromatic rings. The zero-order valence-corrected chi connectivity index (χ0v) is 18.5. The average molecular weight is 492 g/mol. The molecule has 0 aliphatic rings. The Morgan fingerprint density at radius 1 is 1.10 bits per heavy atom. The summed E-state index contributed by atoms with van der Waals surface area (Å²) in [6.45, 7) is 0.517. The molecule has 0 unspecified atom stereocenters. The summed E-state index contributed by atoms with van der Waals surface area (Å²) in [6.07, 6.45) is 3.20. The minimum Gasteiger partial charge on any atom is -0.310 e. The summed E-state index contributed by atoms with van der Waals surface area (Å²) < 4.78 is 2.48. The van der Waals surface area contributed by atoms with E-state index in [4.69, 9.17) is 11.6 Å². The Morgan fingerprint density at radius 3 is 2.53 bits per heavy atom. The van der Waals surface area contributed by atoms with Crippen molar-refractivity contribution in [3.63, 3.8) is 0 Å². The molecule has 2 aromatic heterocycles. The number of pyridine rings is 1. The van der Waals surface area contributed by atoms with E-state index < -0.39 is 0 Å². The van der Waals surface area contributed by atoms with Crippen molar-refractivity contribution in [2.24, 2.45) is 0 Å². The minimum absolute atomic E-state index is 0.0401. The zero-order chi connectivity index (χ0) is 21.5. The highest BCUT2D eigenvalue weighted by Crippen LogP contribution is 2.18. The van der Waals surface area contributed by atoms with Crippen molar-refractivity contribution in [3.8, 4) is 0 Å². The lowest BCUT2D eigenvalue weighted by Gasteiger charge is -2.16. The van der Waals surface area contributed by atoms with Gasteiger partial charge in [0.05, 0.1) is 25.8 Å². The average Bonchev–Trinajstić information content (AvgIpc) is 3.11. The molecule has 156 valence electrons. The SMILES string of the molecule is CN(CC(=O)Nc1ccc(Br)cn1)CC(=O)Nc1ccnn1Cc1ccccc1Cl. The van der Waals surface area contributed by atoms with E-state index in [9.17, 15) is 9.59 Å². The number of aromatic nitrogens is 3. The molecule has 0 bridgehead atoms. The standard InChI is InChI=1S/C20H20BrClN6O2/c1-27(12-19(29)25-17-7-6-15(21)10-23-17)13-20(30)26-18-8-9-24-28(18)11-14-4-2-3-5-16(14)22/h2-10H,11-13H2,1H3,(H,26,30)(H,23,25,29). The number of hydrogen-bond acceptors (Lipinski definition) is 5. The Labute approximate surface area is 187 Å². The molecule has 0 aliphatic heterocycles. The smallest absolute Gasteiger partial charge is 0.239 e. The molecule has 3 rings (SSSR count). The van der Waals surface area contributed by atoms with Crippen LogP contribution in [0, 0.1) is 0 Å². The third kappa shape index (κ3) is 6.38. The van der Waals surface area contributed by atoms with Crippen LogP contribution in [-0.4, -0.2) is 51.6 Å². The van der Waals surface area contributed by atoms with Gasteiger partial charge in [0.1, 0.15) is 11.6 Å². The molecule has 1 aromatic carbocycles. The third-order valence-electron chi connectivity index (χ3n) is 4.08. The minimum atomic E-state index is -0.260. The molecule has 2 amide bonds. The normalized spacial score (nSPS) is 10.8. The van der Waals surface area contributed by atoms with Crippen LogP contribution in [0.2, 0.25) is 5.02 Å².